The zero-order valence-corrected chi connectivity index (χ0v) is 19.8. The molecule has 0 spiro atoms. The molecule has 0 aliphatic heterocycles. The van der Waals surface area contributed by atoms with Gasteiger partial charge in [-0.1, -0.05) is 41.4 Å². The summed E-state index contributed by atoms with van der Waals surface area (Å²) >= 11 is 12.4. The number of aromatic nitrogens is 1. The number of nitrogens with one attached hydrogen (secondary N) is 1. The molecular weight excluding hydrogens is 487 g/mol. The third-order valence-corrected chi connectivity index (χ3v) is 5.92. The molecule has 176 valence electrons. The molecule has 9 heteroatoms. The molecule has 1 unspecified atom stereocenters. The minimum atomic E-state index is -1.17. The normalized spacial score (nSPS) is 11.5. The van der Waals surface area contributed by atoms with Crippen LogP contribution in [0.5, 0.6) is 0 Å². The van der Waals surface area contributed by atoms with E-state index >= 15 is 0 Å². The van der Waals surface area contributed by atoms with Gasteiger partial charge in [0.2, 0.25) is 5.69 Å². The van der Waals surface area contributed by atoms with E-state index in [-0.39, 0.29) is 0 Å². The van der Waals surface area contributed by atoms with Gasteiger partial charge in [-0.05, 0) is 60.7 Å². The van der Waals surface area contributed by atoms with Gasteiger partial charge in [-0.2, -0.15) is 4.73 Å². The van der Waals surface area contributed by atoms with Crippen LogP contribution in [0.2, 0.25) is 10.0 Å². The van der Waals surface area contributed by atoms with Crippen molar-refractivity contribution in [3.63, 3.8) is 0 Å². The fourth-order valence-electron chi connectivity index (χ4n) is 3.69. The Morgan fingerprint density at radius 3 is 2.17 bits per heavy atom. The van der Waals surface area contributed by atoms with Crippen LogP contribution in [0.3, 0.4) is 0 Å². The molecule has 4 rings (SSSR count). The lowest BCUT2D eigenvalue weighted by molar-refractivity contribution is -0.593. The minimum Gasteiger partial charge on any atom is -0.618 e. The van der Waals surface area contributed by atoms with Crippen LogP contribution in [0, 0.1) is 5.21 Å². The number of rotatable bonds is 6. The fraction of sp³-hybridized carbons (Fsp3) is 0.0385. The van der Waals surface area contributed by atoms with Crippen molar-refractivity contribution >= 4 is 46.5 Å². The molecule has 3 amide bonds. The molecule has 35 heavy (non-hydrogen) atoms. The molecule has 3 N–H and O–H groups in total. The average molecular weight is 507 g/mol. The van der Waals surface area contributed by atoms with E-state index < -0.39 is 18.0 Å². The average Bonchev–Trinajstić information content (AvgIpc) is 2.84. The second-order valence-electron chi connectivity index (χ2n) is 7.59. The Morgan fingerprint density at radius 2 is 1.54 bits per heavy atom. The number of hydrogen-bond acceptors (Lipinski definition) is 3. The monoisotopic (exact) mass is 506 g/mol. The highest BCUT2D eigenvalue weighted by molar-refractivity contribution is 6.32. The van der Waals surface area contributed by atoms with Gasteiger partial charge in [0.15, 0.2) is 6.20 Å². The Balaban J connectivity index is 1.69. The molecule has 0 saturated heterocycles. The summed E-state index contributed by atoms with van der Waals surface area (Å²) in [4.78, 5) is 27.3. The van der Waals surface area contributed by atoms with Gasteiger partial charge >= 0.3 is 6.03 Å². The fourth-order valence-corrected chi connectivity index (χ4v) is 4.05. The third-order valence-electron chi connectivity index (χ3n) is 5.32. The number of carbonyl (C=O) groups is 2. The van der Waals surface area contributed by atoms with Crippen LogP contribution >= 0.6 is 23.2 Å². The smallest absolute Gasteiger partial charge is 0.320 e. The number of anilines is 2. The Hall–Kier alpha value is -4.07. The van der Waals surface area contributed by atoms with Gasteiger partial charge in [0.1, 0.15) is 6.04 Å². The van der Waals surface area contributed by atoms with Gasteiger partial charge in [-0.25, -0.2) is 4.79 Å². The molecule has 0 aliphatic rings. The maximum absolute atomic E-state index is 13.6. The number of halogens is 2. The van der Waals surface area contributed by atoms with Crippen LogP contribution in [-0.4, -0.2) is 11.9 Å². The maximum atomic E-state index is 13.6. The van der Waals surface area contributed by atoms with Crippen molar-refractivity contribution in [2.75, 3.05) is 10.2 Å². The number of nitrogens with zero attached hydrogens (tertiary/aromatic N) is 2. The van der Waals surface area contributed by atoms with Gasteiger partial charge in [0.05, 0.1) is 0 Å². The Labute approximate surface area is 211 Å². The topological polar surface area (TPSA) is 102 Å². The lowest BCUT2D eigenvalue weighted by Crippen LogP contribution is -2.44. The van der Waals surface area contributed by atoms with Crippen molar-refractivity contribution in [3.05, 3.63) is 118 Å². The van der Waals surface area contributed by atoms with Crippen LogP contribution in [0.25, 0.3) is 11.3 Å². The van der Waals surface area contributed by atoms with Crippen LogP contribution in [0.15, 0.2) is 97.2 Å². The molecule has 0 aliphatic carbocycles. The van der Waals surface area contributed by atoms with E-state index in [4.69, 9.17) is 28.9 Å². The largest absolute Gasteiger partial charge is 0.618 e. The Bertz CT molecular complexity index is 1360. The van der Waals surface area contributed by atoms with Gasteiger partial charge < -0.3 is 16.3 Å². The molecule has 7 nitrogen and oxygen atoms in total. The number of carbonyl (C=O) groups excluding carboxylic acids is 2. The molecule has 0 fully saturated rings. The molecular formula is C26H20Cl2N4O3. The summed E-state index contributed by atoms with van der Waals surface area (Å²) in [5, 5.41) is 15.6. The highest BCUT2D eigenvalue weighted by atomic mass is 35.5. The standard InChI is InChI=1S/C26H20Cl2N4O3/c27-18-10-14-20(15-11-18)32(26(29)34)24(21-5-1-2-6-22(21)28)25(33)30-19-12-8-17(9-13-19)23-7-3-4-16-31(23)35/h1-16,24H,(H2,29,34)(H,30,33). The van der Waals surface area contributed by atoms with Crippen LogP contribution in [-0.2, 0) is 4.79 Å². The van der Waals surface area contributed by atoms with Crippen molar-refractivity contribution in [2.24, 2.45) is 5.73 Å². The van der Waals surface area contributed by atoms with Crippen LogP contribution in [0.1, 0.15) is 11.6 Å². The van der Waals surface area contributed by atoms with E-state index in [1.54, 1.807) is 91.0 Å². The third kappa shape index (κ3) is 5.37. The molecule has 4 aromatic rings. The van der Waals surface area contributed by atoms with E-state index in [0.29, 0.717) is 38.2 Å². The second kappa shape index (κ2) is 10.5. The number of pyridine rings is 1. The van der Waals surface area contributed by atoms with E-state index in [1.165, 1.54) is 6.20 Å². The van der Waals surface area contributed by atoms with E-state index in [2.05, 4.69) is 5.32 Å². The number of benzene rings is 3. The van der Waals surface area contributed by atoms with Crippen molar-refractivity contribution in [1.82, 2.24) is 0 Å². The maximum Gasteiger partial charge on any atom is 0.320 e. The first-order valence-corrected chi connectivity index (χ1v) is 11.3. The zero-order chi connectivity index (χ0) is 24.9. The second-order valence-corrected chi connectivity index (χ2v) is 8.43. The molecule has 0 bridgehead atoms. The van der Waals surface area contributed by atoms with E-state index in [1.807, 2.05) is 0 Å². The summed E-state index contributed by atoms with van der Waals surface area (Å²) in [7, 11) is 0. The number of primary amides is 1. The van der Waals surface area contributed by atoms with Gasteiger partial charge in [-0.15, -0.1) is 0 Å². The summed E-state index contributed by atoms with van der Waals surface area (Å²) in [6.45, 7) is 0. The summed E-state index contributed by atoms with van der Waals surface area (Å²) < 4.78 is 0.762. The highest BCUT2D eigenvalue weighted by Crippen LogP contribution is 2.33. The van der Waals surface area contributed by atoms with Crippen molar-refractivity contribution in [1.29, 1.82) is 0 Å². The van der Waals surface area contributed by atoms with Crippen LogP contribution < -0.4 is 20.7 Å². The minimum absolute atomic E-state index is 0.298. The quantitative estimate of drug-likeness (QED) is 0.264. The molecule has 3 aromatic carbocycles. The van der Waals surface area contributed by atoms with E-state index in [9.17, 15) is 14.8 Å². The first-order valence-electron chi connectivity index (χ1n) is 10.5. The van der Waals surface area contributed by atoms with Crippen LogP contribution in [0.4, 0.5) is 16.2 Å². The lowest BCUT2D eigenvalue weighted by atomic mass is 10.0. The van der Waals surface area contributed by atoms with Crippen molar-refractivity contribution < 1.29 is 14.3 Å². The van der Waals surface area contributed by atoms with Crippen molar-refractivity contribution in [3.8, 4) is 11.3 Å². The molecule has 0 saturated carbocycles. The Kier molecular flexibility index (Phi) is 7.19. The molecule has 1 aromatic heterocycles. The highest BCUT2D eigenvalue weighted by Gasteiger charge is 2.33. The summed E-state index contributed by atoms with van der Waals surface area (Å²) in [5.41, 5.74) is 8.12. The number of nitrogens with two attached hydrogens (primary N) is 1. The first kappa shape index (κ1) is 24.1. The van der Waals surface area contributed by atoms with E-state index in [0.717, 1.165) is 9.63 Å². The summed E-state index contributed by atoms with van der Waals surface area (Å²) in [5.74, 6) is -0.529. The van der Waals surface area contributed by atoms with Crippen molar-refractivity contribution in [2.45, 2.75) is 6.04 Å². The molecule has 0 radical (unpaired) electrons. The van der Waals surface area contributed by atoms with Gasteiger partial charge in [0, 0.05) is 44.7 Å². The Morgan fingerprint density at radius 1 is 0.886 bits per heavy atom. The zero-order valence-electron chi connectivity index (χ0n) is 18.3. The number of urea groups is 1. The SMILES string of the molecule is NC(=O)N(c1ccc(Cl)cc1)C(C(=O)Nc1ccc(-c2cccc[n+]2[O-])cc1)c1ccccc1Cl. The predicted molar refractivity (Wildman–Crippen MR) is 137 cm³/mol. The predicted octanol–water partition coefficient (Wildman–Crippen LogP) is 5.56. The molecule has 1 heterocycles. The van der Waals surface area contributed by atoms with Gasteiger partial charge in [-0.3, -0.25) is 9.69 Å². The van der Waals surface area contributed by atoms with Gasteiger partial charge in [0.25, 0.3) is 5.91 Å². The summed E-state index contributed by atoms with van der Waals surface area (Å²) in [6, 6.07) is 23.0. The number of amides is 3. The lowest BCUT2D eigenvalue weighted by Gasteiger charge is -2.30. The molecule has 1 atom stereocenters. The first-order chi connectivity index (χ1) is 16.8. The number of hydrogen-bond donors (Lipinski definition) is 2. The summed E-state index contributed by atoms with van der Waals surface area (Å²) in [6.07, 6.45) is 1.41.